The van der Waals surface area contributed by atoms with Gasteiger partial charge < -0.3 is 5.32 Å². The molecule has 0 bridgehead atoms. The molecule has 0 aliphatic rings. The SMILES string of the molecule is CNCCN(C)S(=O)(=O)c1cnc(Cl)nc1. The molecule has 0 atom stereocenters. The Bertz CT molecular complexity index is 434. The van der Waals surface area contributed by atoms with E-state index in [1.54, 1.807) is 7.05 Å². The maximum absolute atomic E-state index is 11.9. The molecule has 8 heteroatoms. The number of hydrogen-bond acceptors (Lipinski definition) is 5. The predicted octanol–water partition coefficient (Wildman–Crippen LogP) is -0.0301. The summed E-state index contributed by atoms with van der Waals surface area (Å²) in [4.78, 5) is 7.32. The van der Waals surface area contributed by atoms with Crippen LogP contribution >= 0.6 is 11.6 Å². The summed E-state index contributed by atoms with van der Waals surface area (Å²) in [6.45, 7) is 0.950. The van der Waals surface area contributed by atoms with Crippen molar-refractivity contribution < 1.29 is 8.42 Å². The van der Waals surface area contributed by atoms with Crippen molar-refractivity contribution in [1.82, 2.24) is 19.6 Å². The molecule has 90 valence electrons. The maximum atomic E-state index is 11.9. The normalized spacial score (nSPS) is 12.0. The lowest BCUT2D eigenvalue weighted by Gasteiger charge is -2.16. The van der Waals surface area contributed by atoms with Crippen molar-refractivity contribution in [3.63, 3.8) is 0 Å². The predicted molar refractivity (Wildman–Crippen MR) is 60.8 cm³/mol. The number of hydrogen-bond donors (Lipinski definition) is 1. The molecule has 0 saturated carbocycles. The van der Waals surface area contributed by atoms with Gasteiger partial charge in [-0.3, -0.25) is 0 Å². The fraction of sp³-hybridized carbons (Fsp3) is 0.500. The number of halogens is 1. The Hall–Kier alpha value is -0.760. The Morgan fingerprint density at radius 3 is 2.50 bits per heavy atom. The van der Waals surface area contributed by atoms with Gasteiger partial charge in [-0.2, -0.15) is 4.31 Å². The second-order valence-electron chi connectivity index (χ2n) is 3.12. The third-order valence-electron chi connectivity index (χ3n) is 1.98. The first-order valence-corrected chi connectivity index (χ1v) is 6.38. The number of nitrogens with one attached hydrogen (secondary N) is 1. The Kier molecular flexibility index (Phi) is 4.60. The lowest BCUT2D eigenvalue weighted by Crippen LogP contribution is -2.32. The first kappa shape index (κ1) is 13.3. The Balaban J connectivity index is 2.89. The summed E-state index contributed by atoms with van der Waals surface area (Å²) in [5.74, 6) is 0. The average Bonchev–Trinajstić information content (AvgIpc) is 2.26. The number of nitrogens with zero attached hydrogens (tertiary/aromatic N) is 3. The van der Waals surface area contributed by atoms with Crippen LogP contribution in [0.1, 0.15) is 0 Å². The van der Waals surface area contributed by atoms with E-state index in [4.69, 9.17) is 11.6 Å². The van der Waals surface area contributed by atoms with Crippen LogP contribution in [0, 0.1) is 0 Å². The lowest BCUT2D eigenvalue weighted by molar-refractivity contribution is 0.465. The van der Waals surface area contributed by atoms with Crippen LogP contribution in [0.2, 0.25) is 5.28 Å². The van der Waals surface area contributed by atoms with E-state index < -0.39 is 10.0 Å². The van der Waals surface area contributed by atoms with Crippen LogP contribution in [0.5, 0.6) is 0 Å². The Morgan fingerprint density at radius 1 is 1.44 bits per heavy atom. The third kappa shape index (κ3) is 3.11. The molecule has 0 aromatic carbocycles. The van der Waals surface area contributed by atoms with Gasteiger partial charge in [0, 0.05) is 20.1 Å². The first-order valence-electron chi connectivity index (χ1n) is 4.57. The van der Waals surface area contributed by atoms with Crippen molar-refractivity contribution in [1.29, 1.82) is 0 Å². The van der Waals surface area contributed by atoms with Crippen LogP contribution in [0.15, 0.2) is 17.3 Å². The minimum absolute atomic E-state index is 0.0248. The lowest BCUT2D eigenvalue weighted by atomic mass is 10.6. The van der Waals surface area contributed by atoms with E-state index in [9.17, 15) is 8.42 Å². The molecule has 0 spiro atoms. The number of likely N-dealkylation sites (N-methyl/N-ethyl adjacent to an activating group) is 2. The minimum Gasteiger partial charge on any atom is -0.318 e. The van der Waals surface area contributed by atoms with E-state index in [0.29, 0.717) is 13.1 Å². The molecule has 1 rings (SSSR count). The fourth-order valence-corrected chi connectivity index (χ4v) is 2.16. The molecule has 0 aliphatic heterocycles. The topological polar surface area (TPSA) is 75.2 Å². The van der Waals surface area contributed by atoms with Crippen molar-refractivity contribution in [3.05, 3.63) is 17.7 Å². The monoisotopic (exact) mass is 264 g/mol. The summed E-state index contributed by atoms with van der Waals surface area (Å²) in [5, 5.41) is 2.90. The smallest absolute Gasteiger partial charge is 0.245 e. The second-order valence-corrected chi connectivity index (χ2v) is 5.50. The van der Waals surface area contributed by atoms with Crippen molar-refractivity contribution in [2.75, 3.05) is 27.2 Å². The second kappa shape index (κ2) is 5.53. The molecule has 16 heavy (non-hydrogen) atoms. The zero-order chi connectivity index (χ0) is 12.2. The quantitative estimate of drug-likeness (QED) is 0.756. The molecule has 6 nitrogen and oxygen atoms in total. The zero-order valence-electron chi connectivity index (χ0n) is 9.01. The third-order valence-corrected chi connectivity index (χ3v) is 3.99. The highest BCUT2D eigenvalue weighted by Gasteiger charge is 2.20. The molecular formula is C8H13ClN4O2S. The molecular weight excluding hydrogens is 252 g/mol. The molecule has 0 aliphatic carbocycles. The van der Waals surface area contributed by atoms with Crippen LogP contribution in [-0.2, 0) is 10.0 Å². The van der Waals surface area contributed by atoms with Crippen LogP contribution < -0.4 is 5.32 Å². The van der Waals surface area contributed by atoms with E-state index in [2.05, 4.69) is 15.3 Å². The largest absolute Gasteiger partial charge is 0.318 e. The van der Waals surface area contributed by atoms with Gasteiger partial charge in [0.25, 0.3) is 0 Å². The minimum atomic E-state index is -3.52. The highest BCUT2D eigenvalue weighted by Crippen LogP contribution is 2.12. The average molecular weight is 265 g/mol. The summed E-state index contributed by atoms with van der Waals surface area (Å²) < 4.78 is 25.1. The first-order chi connectivity index (χ1) is 7.48. The molecule has 0 saturated heterocycles. The molecule has 1 N–H and O–H groups in total. The number of sulfonamides is 1. The van der Waals surface area contributed by atoms with Crippen LogP contribution in [0.4, 0.5) is 0 Å². The van der Waals surface area contributed by atoms with Gasteiger partial charge in [0.2, 0.25) is 15.3 Å². The summed E-state index contributed by atoms with van der Waals surface area (Å²) in [7, 11) is -0.261. The molecule has 1 aromatic rings. The van der Waals surface area contributed by atoms with Gasteiger partial charge in [-0.1, -0.05) is 0 Å². The van der Waals surface area contributed by atoms with Gasteiger partial charge in [-0.15, -0.1) is 0 Å². The molecule has 0 amide bonds. The van der Waals surface area contributed by atoms with Gasteiger partial charge in [0.05, 0.1) is 12.4 Å². The van der Waals surface area contributed by atoms with E-state index in [1.807, 2.05) is 0 Å². The van der Waals surface area contributed by atoms with Gasteiger partial charge in [0.15, 0.2) is 0 Å². The fourth-order valence-electron chi connectivity index (χ4n) is 1.00. The van der Waals surface area contributed by atoms with Crippen molar-refractivity contribution in [2.45, 2.75) is 4.90 Å². The van der Waals surface area contributed by atoms with E-state index in [1.165, 1.54) is 23.7 Å². The van der Waals surface area contributed by atoms with Gasteiger partial charge in [-0.05, 0) is 18.6 Å². The van der Waals surface area contributed by atoms with Crippen LogP contribution in [0.3, 0.4) is 0 Å². The molecule has 0 radical (unpaired) electrons. The van der Waals surface area contributed by atoms with Crippen LogP contribution in [0.25, 0.3) is 0 Å². The Labute approximate surface area is 99.7 Å². The van der Waals surface area contributed by atoms with Gasteiger partial charge in [0.1, 0.15) is 4.90 Å². The zero-order valence-corrected chi connectivity index (χ0v) is 10.6. The standard InChI is InChI=1S/C8H13ClN4O2S/c1-10-3-4-13(2)16(14,15)7-5-11-8(9)12-6-7/h5-6,10H,3-4H2,1-2H3. The van der Waals surface area contributed by atoms with E-state index in [0.717, 1.165) is 0 Å². The van der Waals surface area contributed by atoms with Crippen molar-refractivity contribution in [3.8, 4) is 0 Å². The highest BCUT2D eigenvalue weighted by molar-refractivity contribution is 7.89. The number of aromatic nitrogens is 2. The summed E-state index contributed by atoms with van der Waals surface area (Å²) >= 11 is 5.48. The molecule has 0 unspecified atom stereocenters. The van der Waals surface area contributed by atoms with Crippen molar-refractivity contribution in [2.24, 2.45) is 0 Å². The van der Waals surface area contributed by atoms with Gasteiger partial charge in [-0.25, -0.2) is 18.4 Å². The van der Waals surface area contributed by atoms with E-state index >= 15 is 0 Å². The highest BCUT2D eigenvalue weighted by atomic mass is 35.5. The Morgan fingerprint density at radius 2 is 2.00 bits per heavy atom. The molecule has 1 heterocycles. The maximum Gasteiger partial charge on any atom is 0.245 e. The summed E-state index contributed by atoms with van der Waals surface area (Å²) in [6.07, 6.45) is 2.39. The molecule has 0 fully saturated rings. The summed E-state index contributed by atoms with van der Waals surface area (Å²) in [5.41, 5.74) is 0. The summed E-state index contributed by atoms with van der Waals surface area (Å²) in [6, 6.07) is 0. The van der Waals surface area contributed by atoms with E-state index in [-0.39, 0.29) is 10.2 Å². The number of rotatable bonds is 5. The molecule has 1 aromatic heterocycles. The van der Waals surface area contributed by atoms with Gasteiger partial charge >= 0.3 is 0 Å². The van der Waals surface area contributed by atoms with Crippen LogP contribution in [-0.4, -0.2) is 49.9 Å². The van der Waals surface area contributed by atoms with Crippen molar-refractivity contribution >= 4 is 21.6 Å².